The summed E-state index contributed by atoms with van der Waals surface area (Å²) in [4.78, 5) is 2.25. The van der Waals surface area contributed by atoms with Crippen molar-refractivity contribution in [1.82, 2.24) is 19.2 Å². The Balaban J connectivity index is 1.50. The van der Waals surface area contributed by atoms with Gasteiger partial charge in [0.2, 0.25) is 0 Å². The third-order valence-electron chi connectivity index (χ3n) is 5.15. The molecule has 3 aromatic rings. The fraction of sp³-hybridized carbons (Fsp3) is 0.429. The van der Waals surface area contributed by atoms with Gasteiger partial charge in [-0.2, -0.15) is 5.10 Å². The lowest BCUT2D eigenvalue weighted by molar-refractivity contribution is 0.243. The van der Waals surface area contributed by atoms with E-state index in [1.807, 2.05) is 10.7 Å². The zero-order chi connectivity index (χ0) is 19.0. The van der Waals surface area contributed by atoms with Crippen molar-refractivity contribution in [2.45, 2.75) is 45.4 Å². The zero-order valence-electron chi connectivity index (χ0n) is 16.2. The first-order valence-electron chi connectivity index (χ1n) is 9.51. The van der Waals surface area contributed by atoms with Crippen LogP contribution in [0.25, 0.3) is 10.8 Å². The van der Waals surface area contributed by atoms with Gasteiger partial charge >= 0.3 is 0 Å². The number of nitrogens with zero attached hydrogens (tertiary/aromatic N) is 4. The van der Waals surface area contributed by atoms with Gasteiger partial charge in [-0.15, -0.1) is 0 Å². The van der Waals surface area contributed by atoms with E-state index in [2.05, 4.69) is 53.8 Å². The number of methoxy groups -OCH3 is 1. The van der Waals surface area contributed by atoms with E-state index in [1.165, 1.54) is 29.2 Å². The van der Waals surface area contributed by atoms with Gasteiger partial charge in [0.05, 0.1) is 13.8 Å². The predicted octanol–water partition coefficient (Wildman–Crippen LogP) is 4.56. The van der Waals surface area contributed by atoms with E-state index in [0.29, 0.717) is 12.6 Å². The van der Waals surface area contributed by atoms with Crippen molar-refractivity contribution in [2.24, 2.45) is 0 Å². The lowest BCUT2D eigenvalue weighted by Crippen LogP contribution is -2.22. The molecule has 0 spiro atoms. The molecule has 0 N–H and O–H groups in total. The van der Waals surface area contributed by atoms with Gasteiger partial charge in [0.15, 0.2) is 4.77 Å². The monoisotopic (exact) mass is 382 g/mol. The van der Waals surface area contributed by atoms with Gasteiger partial charge in [-0.05, 0) is 73.6 Å². The van der Waals surface area contributed by atoms with Gasteiger partial charge in [-0.3, -0.25) is 4.90 Å². The maximum absolute atomic E-state index is 5.65. The first-order chi connectivity index (χ1) is 13.1. The van der Waals surface area contributed by atoms with E-state index in [1.54, 1.807) is 7.11 Å². The van der Waals surface area contributed by atoms with Crippen LogP contribution in [0, 0.1) is 4.77 Å². The molecule has 1 fully saturated rings. The Morgan fingerprint density at radius 2 is 1.93 bits per heavy atom. The van der Waals surface area contributed by atoms with Gasteiger partial charge < -0.3 is 9.30 Å². The van der Waals surface area contributed by atoms with Crippen LogP contribution >= 0.6 is 12.2 Å². The molecule has 6 heteroatoms. The molecule has 0 unspecified atom stereocenters. The molecule has 1 aliphatic rings. The minimum absolute atomic E-state index is 0.607. The lowest BCUT2D eigenvalue weighted by atomic mass is 10.1. The first-order valence-corrected chi connectivity index (χ1v) is 9.92. The van der Waals surface area contributed by atoms with Crippen LogP contribution < -0.4 is 4.74 Å². The maximum atomic E-state index is 5.65. The second kappa shape index (κ2) is 7.44. The van der Waals surface area contributed by atoms with Crippen molar-refractivity contribution in [3.05, 3.63) is 52.6 Å². The van der Waals surface area contributed by atoms with Gasteiger partial charge in [0.25, 0.3) is 0 Å². The Labute approximate surface area is 165 Å². The molecule has 27 heavy (non-hydrogen) atoms. The van der Waals surface area contributed by atoms with E-state index in [4.69, 9.17) is 22.1 Å². The molecule has 1 heterocycles. The fourth-order valence-corrected chi connectivity index (χ4v) is 3.90. The molecule has 5 nitrogen and oxygen atoms in total. The molecular weight excluding hydrogens is 356 g/mol. The molecule has 0 saturated heterocycles. The quantitative estimate of drug-likeness (QED) is 0.561. The number of ether oxygens (including phenoxy) is 1. The van der Waals surface area contributed by atoms with Crippen molar-refractivity contribution in [1.29, 1.82) is 0 Å². The summed E-state index contributed by atoms with van der Waals surface area (Å²) in [6.07, 6.45) is 2.48. The Hall–Kier alpha value is -2.18. The highest BCUT2D eigenvalue weighted by atomic mass is 32.1. The molecule has 0 aliphatic heterocycles. The van der Waals surface area contributed by atoms with Crippen molar-refractivity contribution in [3.63, 3.8) is 0 Å². The highest BCUT2D eigenvalue weighted by molar-refractivity contribution is 7.71. The van der Waals surface area contributed by atoms with E-state index in [-0.39, 0.29) is 0 Å². The summed E-state index contributed by atoms with van der Waals surface area (Å²) in [5.41, 5.74) is 1.28. The lowest BCUT2D eigenvalue weighted by Gasteiger charge is -2.17. The number of hydrogen-bond donors (Lipinski definition) is 0. The maximum Gasteiger partial charge on any atom is 0.199 e. The smallest absolute Gasteiger partial charge is 0.199 e. The first kappa shape index (κ1) is 18.2. The average Bonchev–Trinajstić information content (AvgIpc) is 3.47. The van der Waals surface area contributed by atoms with Crippen LogP contribution in [0.5, 0.6) is 5.75 Å². The van der Waals surface area contributed by atoms with Crippen LogP contribution in [0.15, 0.2) is 36.4 Å². The summed E-state index contributed by atoms with van der Waals surface area (Å²) in [6.45, 7) is 4.58. The Bertz CT molecular complexity index is 1020. The third-order valence-corrected chi connectivity index (χ3v) is 5.58. The molecule has 0 radical (unpaired) electrons. The minimum atomic E-state index is 0.607. The number of rotatable bonds is 7. The number of benzene rings is 2. The predicted molar refractivity (Wildman–Crippen MR) is 111 cm³/mol. The molecule has 1 saturated carbocycles. The van der Waals surface area contributed by atoms with Crippen molar-refractivity contribution >= 4 is 23.0 Å². The summed E-state index contributed by atoms with van der Waals surface area (Å²) in [5.74, 6) is 2.66. The molecule has 0 atom stereocenters. The van der Waals surface area contributed by atoms with E-state index in [0.717, 1.165) is 29.4 Å². The molecular formula is C21H26N4OS. The number of aromatic nitrogens is 3. The van der Waals surface area contributed by atoms with Gasteiger partial charge in [0.1, 0.15) is 11.6 Å². The van der Waals surface area contributed by atoms with Crippen molar-refractivity contribution in [3.8, 4) is 5.75 Å². The highest BCUT2D eigenvalue weighted by Gasteiger charge is 2.29. The van der Waals surface area contributed by atoms with Crippen LogP contribution in [0.2, 0.25) is 0 Å². The summed E-state index contributed by atoms with van der Waals surface area (Å²) in [6, 6.07) is 12.8. The summed E-state index contributed by atoms with van der Waals surface area (Å²) in [5, 5.41) is 7.23. The molecule has 1 aliphatic carbocycles. The second-order valence-corrected chi connectivity index (χ2v) is 7.73. The third kappa shape index (κ3) is 3.77. The van der Waals surface area contributed by atoms with Gasteiger partial charge in [-0.25, -0.2) is 4.68 Å². The van der Waals surface area contributed by atoms with Crippen LogP contribution in [0.1, 0.15) is 37.1 Å². The Morgan fingerprint density at radius 1 is 1.19 bits per heavy atom. The Kier molecular flexibility index (Phi) is 5.02. The topological polar surface area (TPSA) is 35.2 Å². The van der Waals surface area contributed by atoms with E-state index < -0.39 is 0 Å². The number of fused-ring (bicyclic) bond motifs is 1. The SMILES string of the molecule is CCn1c(C2CC2)nn(CN(C)Cc2ccc3cc(OC)ccc3c2)c1=S. The molecule has 1 aromatic heterocycles. The molecule has 0 bridgehead atoms. The minimum Gasteiger partial charge on any atom is -0.497 e. The standard InChI is InChI=1S/C21H26N4OS/c1-4-24-20(16-7-8-16)22-25(21(24)27)14-23(2)13-15-5-6-18-12-19(26-3)10-9-17(18)11-15/h5-6,9-12,16H,4,7-8,13-14H2,1-3H3. The average molecular weight is 383 g/mol. The zero-order valence-corrected chi connectivity index (χ0v) is 17.0. The van der Waals surface area contributed by atoms with Gasteiger partial charge in [0, 0.05) is 19.0 Å². The molecule has 142 valence electrons. The fourth-order valence-electron chi connectivity index (χ4n) is 3.58. The molecule has 2 aromatic carbocycles. The normalized spacial score (nSPS) is 14.2. The summed E-state index contributed by atoms with van der Waals surface area (Å²) in [7, 11) is 3.81. The van der Waals surface area contributed by atoms with Crippen molar-refractivity contribution < 1.29 is 4.74 Å². The summed E-state index contributed by atoms with van der Waals surface area (Å²) >= 11 is 5.65. The number of hydrogen-bond acceptors (Lipinski definition) is 4. The molecule has 0 amide bonds. The van der Waals surface area contributed by atoms with Crippen molar-refractivity contribution in [2.75, 3.05) is 14.2 Å². The van der Waals surface area contributed by atoms with Crippen LogP contribution in [0.3, 0.4) is 0 Å². The second-order valence-electron chi connectivity index (χ2n) is 7.36. The highest BCUT2D eigenvalue weighted by Crippen LogP contribution is 2.39. The summed E-state index contributed by atoms with van der Waals surface area (Å²) < 4.78 is 10.3. The van der Waals surface area contributed by atoms with E-state index >= 15 is 0 Å². The molecule has 4 rings (SSSR count). The van der Waals surface area contributed by atoms with Crippen LogP contribution in [-0.4, -0.2) is 33.4 Å². The van der Waals surface area contributed by atoms with Gasteiger partial charge in [-0.1, -0.05) is 18.2 Å². The van der Waals surface area contributed by atoms with Crippen LogP contribution in [-0.2, 0) is 19.8 Å². The van der Waals surface area contributed by atoms with E-state index in [9.17, 15) is 0 Å². The Morgan fingerprint density at radius 3 is 2.63 bits per heavy atom. The largest absolute Gasteiger partial charge is 0.497 e. The van der Waals surface area contributed by atoms with Crippen LogP contribution in [0.4, 0.5) is 0 Å².